The first-order chi connectivity index (χ1) is 19.5. The molecule has 6 rings (SSSR count). The maximum absolute atomic E-state index is 14.6. The Labute approximate surface area is 231 Å². The van der Waals surface area contributed by atoms with Crippen molar-refractivity contribution in [2.45, 2.75) is 43.3 Å². The van der Waals surface area contributed by atoms with Crippen LogP contribution in [0.15, 0.2) is 36.7 Å². The minimum atomic E-state index is -0.525. The highest BCUT2D eigenvalue weighted by molar-refractivity contribution is 6.07. The number of methoxy groups -OCH3 is 1. The molecule has 1 aliphatic carbocycles. The molecule has 0 radical (unpaired) electrons. The molecule has 2 fully saturated rings. The van der Waals surface area contributed by atoms with E-state index in [0.29, 0.717) is 66.4 Å². The number of para-hydroxylation sites is 1. The average molecular weight is 550 g/mol. The summed E-state index contributed by atoms with van der Waals surface area (Å²) in [7, 11) is 1.40. The molecule has 4 N–H and O–H groups in total. The van der Waals surface area contributed by atoms with E-state index in [9.17, 15) is 14.0 Å². The molecule has 0 bridgehead atoms. The molecule has 11 heteroatoms. The predicted molar refractivity (Wildman–Crippen MR) is 146 cm³/mol. The first kappa shape index (κ1) is 26.3. The van der Waals surface area contributed by atoms with Crippen LogP contribution in [0.1, 0.15) is 47.7 Å². The van der Waals surface area contributed by atoms with Crippen LogP contribution in [0.5, 0.6) is 11.5 Å². The molecule has 1 saturated carbocycles. The van der Waals surface area contributed by atoms with Crippen LogP contribution in [-0.4, -0.2) is 67.2 Å². The highest BCUT2D eigenvalue weighted by Crippen LogP contribution is 2.48. The van der Waals surface area contributed by atoms with E-state index >= 15 is 0 Å². The van der Waals surface area contributed by atoms with Crippen LogP contribution < -0.4 is 25.4 Å². The number of ether oxygens (including phenoxy) is 3. The van der Waals surface area contributed by atoms with Crippen molar-refractivity contribution in [1.29, 1.82) is 0 Å². The number of hydrogen-bond acceptors (Lipinski definition) is 8. The van der Waals surface area contributed by atoms with Crippen molar-refractivity contribution >= 4 is 23.6 Å². The summed E-state index contributed by atoms with van der Waals surface area (Å²) in [6.07, 6.45) is 6.71. The predicted octanol–water partition coefficient (Wildman–Crippen LogP) is 3.67. The van der Waals surface area contributed by atoms with E-state index < -0.39 is 5.82 Å². The number of morpholine rings is 1. The summed E-state index contributed by atoms with van der Waals surface area (Å²) in [5.41, 5.74) is 3.02. The second kappa shape index (κ2) is 10.9. The van der Waals surface area contributed by atoms with Gasteiger partial charge in [0, 0.05) is 55.8 Å². The zero-order valence-electron chi connectivity index (χ0n) is 22.2. The maximum atomic E-state index is 14.6. The zero-order chi connectivity index (χ0) is 27.7. The fourth-order valence-corrected chi connectivity index (χ4v) is 5.69. The molecule has 40 heavy (non-hydrogen) atoms. The Kier molecular flexibility index (Phi) is 7.16. The van der Waals surface area contributed by atoms with Crippen LogP contribution in [-0.2, 0) is 9.53 Å². The van der Waals surface area contributed by atoms with Crippen molar-refractivity contribution in [3.63, 3.8) is 0 Å². The molecule has 10 nitrogen and oxygen atoms in total. The number of anilines is 2. The highest BCUT2D eigenvalue weighted by atomic mass is 19.1. The lowest BCUT2D eigenvalue weighted by Crippen LogP contribution is -2.43. The van der Waals surface area contributed by atoms with Gasteiger partial charge in [-0.25, -0.2) is 4.39 Å². The number of aromatic nitrogens is 2. The molecule has 3 aliphatic rings. The zero-order valence-corrected chi connectivity index (χ0v) is 22.2. The van der Waals surface area contributed by atoms with Gasteiger partial charge in [0.25, 0.3) is 5.91 Å². The number of fused-ring (bicyclic) bond motifs is 1. The van der Waals surface area contributed by atoms with Gasteiger partial charge in [-0.3, -0.25) is 9.78 Å². The van der Waals surface area contributed by atoms with E-state index in [2.05, 4.69) is 25.9 Å². The first-order valence-corrected chi connectivity index (χ1v) is 13.6. The number of unbranched alkanes of at least 4 members (excludes halogenated alkanes) is 1. The van der Waals surface area contributed by atoms with Crippen molar-refractivity contribution in [3.05, 3.63) is 53.7 Å². The number of aldehydes is 1. The van der Waals surface area contributed by atoms with Gasteiger partial charge >= 0.3 is 0 Å². The topological polar surface area (TPSA) is 127 Å². The number of H-pyrrole nitrogens is 1. The SMILES string of the molecule is COc1c(F)cccc1Nc1c(-c2ccncc2O[C@@H]2CC23CNCCO3)[nH]c2c1C(=O)NCC2CCCC=O. The fraction of sp³-hybridized carbons (Fsp3) is 0.414. The van der Waals surface area contributed by atoms with E-state index in [-0.39, 0.29) is 29.3 Å². The van der Waals surface area contributed by atoms with E-state index in [0.717, 1.165) is 31.5 Å². The Balaban J connectivity index is 1.43. The van der Waals surface area contributed by atoms with E-state index in [1.54, 1.807) is 24.5 Å². The number of nitrogens with zero attached hydrogens (tertiary/aromatic N) is 1. The Morgan fingerprint density at radius 1 is 1.32 bits per heavy atom. The van der Waals surface area contributed by atoms with Crippen LogP contribution in [0.25, 0.3) is 11.3 Å². The number of rotatable bonds is 10. The van der Waals surface area contributed by atoms with Crippen molar-refractivity contribution < 1.29 is 28.2 Å². The van der Waals surface area contributed by atoms with Crippen LogP contribution in [0.4, 0.5) is 15.8 Å². The Hall–Kier alpha value is -3.96. The van der Waals surface area contributed by atoms with Crippen molar-refractivity contribution in [2.24, 2.45) is 0 Å². The minimum absolute atomic E-state index is 0.0315. The molecule has 3 aromatic rings. The fourth-order valence-electron chi connectivity index (χ4n) is 5.69. The van der Waals surface area contributed by atoms with Crippen LogP contribution in [0, 0.1) is 5.82 Å². The molecule has 210 valence electrons. The van der Waals surface area contributed by atoms with Gasteiger partial charge in [0.2, 0.25) is 0 Å². The summed E-state index contributed by atoms with van der Waals surface area (Å²) in [5.74, 6) is -0.223. The van der Waals surface area contributed by atoms with Crippen LogP contribution in [0.2, 0.25) is 0 Å². The number of carbonyl (C=O) groups is 2. The summed E-state index contributed by atoms with van der Waals surface area (Å²) in [4.78, 5) is 32.1. The molecule has 2 aromatic heterocycles. The van der Waals surface area contributed by atoms with Gasteiger partial charge < -0.3 is 39.9 Å². The van der Waals surface area contributed by atoms with Gasteiger partial charge in [-0.2, -0.15) is 0 Å². The Morgan fingerprint density at radius 2 is 2.23 bits per heavy atom. The van der Waals surface area contributed by atoms with Gasteiger partial charge in [-0.05, 0) is 31.0 Å². The quantitative estimate of drug-likeness (QED) is 0.223. The van der Waals surface area contributed by atoms with Crippen LogP contribution >= 0.6 is 0 Å². The highest BCUT2D eigenvalue weighted by Gasteiger charge is 2.59. The number of aromatic amines is 1. The second-order valence-electron chi connectivity index (χ2n) is 10.4. The molecule has 1 saturated heterocycles. The maximum Gasteiger partial charge on any atom is 0.255 e. The largest absolute Gasteiger partial charge is 0.492 e. The number of hydrogen-bond donors (Lipinski definition) is 4. The van der Waals surface area contributed by atoms with Crippen molar-refractivity contribution in [2.75, 3.05) is 38.7 Å². The van der Waals surface area contributed by atoms with Crippen molar-refractivity contribution in [3.8, 4) is 22.8 Å². The number of pyridine rings is 1. The van der Waals surface area contributed by atoms with Gasteiger partial charge in [-0.1, -0.05) is 6.07 Å². The molecule has 1 spiro atoms. The molecule has 2 aliphatic heterocycles. The number of amides is 1. The summed E-state index contributed by atoms with van der Waals surface area (Å²) < 4.78 is 32.4. The van der Waals surface area contributed by atoms with E-state index in [1.165, 1.54) is 13.2 Å². The summed E-state index contributed by atoms with van der Waals surface area (Å²) in [6.45, 7) is 2.61. The second-order valence-corrected chi connectivity index (χ2v) is 10.4. The van der Waals surface area contributed by atoms with Gasteiger partial charge in [-0.15, -0.1) is 0 Å². The Morgan fingerprint density at radius 3 is 3.02 bits per heavy atom. The van der Waals surface area contributed by atoms with Gasteiger partial charge in [0.05, 0.1) is 42.5 Å². The molecule has 2 unspecified atom stereocenters. The third kappa shape index (κ3) is 4.79. The molecule has 1 aromatic carbocycles. The lowest BCUT2D eigenvalue weighted by atomic mass is 9.92. The minimum Gasteiger partial charge on any atom is -0.492 e. The third-order valence-electron chi connectivity index (χ3n) is 7.85. The monoisotopic (exact) mass is 549 g/mol. The standard InChI is InChI=1S/C29H32FN5O5/c1-38-27-19(30)6-4-7-20(27)34-26-23-24(17(5-2-3-11-36)14-33-28(23)37)35-25(26)18-8-9-31-15-21(18)40-22-13-29(22)16-32-10-12-39-29/h4,6-9,11,15,17,22,32,34-35H,2-3,5,10,12-14,16H2,1H3,(H,33,37)/t17?,22-,29?/m1/s1. The number of carbonyl (C=O) groups excluding carboxylic acids is 2. The lowest BCUT2D eigenvalue weighted by Gasteiger charge is -2.24. The summed E-state index contributed by atoms with van der Waals surface area (Å²) in [5, 5.41) is 9.64. The summed E-state index contributed by atoms with van der Waals surface area (Å²) >= 11 is 0. The number of halogens is 1. The van der Waals surface area contributed by atoms with E-state index in [1.807, 2.05) is 6.07 Å². The summed E-state index contributed by atoms with van der Waals surface area (Å²) in [6, 6.07) is 6.41. The lowest BCUT2D eigenvalue weighted by molar-refractivity contribution is -0.107. The molecule has 3 atom stereocenters. The number of benzene rings is 1. The molecule has 4 heterocycles. The third-order valence-corrected chi connectivity index (χ3v) is 7.85. The van der Waals surface area contributed by atoms with Gasteiger partial charge in [0.15, 0.2) is 11.6 Å². The smallest absolute Gasteiger partial charge is 0.255 e. The first-order valence-electron chi connectivity index (χ1n) is 13.6. The Bertz CT molecular complexity index is 1420. The number of nitrogens with one attached hydrogen (secondary N) is 4. The normalized spacial score (nSPS) is 23.3. The average Bonchev–Trinajstić information content (AvgIpc) is 3.45. The van der Waals surface area contributed by atoms with Crippen LogP contribution in [0.3, 0.4) is 0 Å². The van der Waals surface area contributed by atoms with E-state index in [4.69, 9.17) is 14.2 Å². The molecular weight excluding hydrogens is 517 g/mol. The van der Waals surface area contributed by atoms with Gasteiger partial charge in [0.1, 0.15) is 23.7 Å². The molecular formula is C29H32FN5O5. The molecule has 1 amide bonds. The van der Waals surface area contributed by atoms with Crippen molar-refractivity contribution in [1.82, 2.24) is 20.6 Å².